The van der Waals surface area contributed by atoms with E-state index in [-0.39, 0.29) is 28.5 Å². The zero-order valence-electron chi connectivity index (χ0n) is 15.4. The summed E-state index contributed by atoms with van der Waals surface area (Å²) in [7, 11) is 3.04. The van der Waals surface area contributed by atoms with Gasteiger partial charge < -0.3 is 19.2 Å². The van der Waals surface area contributed by atoms with Crippen molar-refractivity contribution in [2.45, 2.75) is 5.22 Å². The molecule has 11 heteroatoms. The highest BCUT2D eigenvalue weighted by Crippen LogP contribution is 2.27. The Balaban J connectivity index is 1.59. The summed E-state index contributed by atoms with van der Waals surface area (Å²) in [6.45, 7) is 0. The van der Waals surface area contributed by atoms with E-state index in [1.54, 1.807) is 18.2 Å². The molecule has 150 valence electrons. The molecule has 0 saturated carbocycles. The topological polar surface area (TPSA) is 130 Å². The van der Waals surface area contributed by atoms with Crippen LogP contribution >= 0.6 is 11.8 Å². The van der Waals surface area contributed by atoms with Gasteiger partial charge >= 0.3 is 0 Å². The van der Waals surface area contributed by atoms with Crippen LogP contribution in [0.25, 0.3) is 11.5 Å². The number of carbonyl (C=O) groups is 1. The highest BCUT2D eigenvalue weighted by Gasteiger charge is 2.13. The molecule has 10 nitrogen and oxygen atoms in total. The summed E-state index contributed by atoms with van der Waals surface area (Å²) in [6.07, 6.45) is 0. The monoisotopic (exact) mass is 416 g/mol. The van der Waals surface area contributed by atoms with Gasteiger partial charge in [-0.1, -0.05) is 11.8 Å². The number of methoxy groups -OCH3 is 2. The molecule has 0 fully saturated rings. The molecule has 3 rings (SSSR count). The number of thioether (sulfide) groups is 1. The fourth-order valence-electron chi connectivity index (χ4n) is 2.31. The van der Waals surface area contributed by atoms with Crippen molar-refractivity contribution in [3.8, 4) is 23.0 Å². The summed E-state index contributed by atoms with van der Waals surface area (Å²) in [5.41, 5.74) is 1.04. The summed E-state index contributed by atoms with van der Waals surface area (Å²) in [5, 5.41) is 21.4. The lowest BCUT2D eigenvalue weighted by molar-refractivity contribution is -0.384. The summed E-state index contributed by atoms with van der Waals surface area (Å²) < 4.78 is 15.8. The van der Waals surface area contributed by atoms with E-state index >= 15 is 0 Å². The molecule has 0 aliphatic rings. The molecule has 0 aliphatic heterocycles. The van der Waals surface area contributed by atoms with Gasteiger partial charge in [-0.2, -0.15) is 0 Å². The minimum absolute atomic E-state index is 0.0336. The smallest absolute Gasteiger partial charge is 0.277 e. The highest BCUT2D eigenvalue weighted by molar-refractivity contribution is 7.99. The number of anilines is 1. The Bertz CT molecular complexity index is 999. The van der Waals surface area contributed by atoms with Gasteiger partial charge in [0.25, 0.3) is 10.9 Å². The number of benzene rings is 2. The maximum Gasteiger partial charge on any atom is 0.277 e. The molecule has 1 N–H and O–H groups in total. The number of hydrogen-bond acceptors (Lipinski definition) is 9. The van der Waals surface area contributed by atoms with E-state index in [1.165, 1.54) is 38.5 Å². The van der Waals surface area contributed by atoms with Crippen molar-refractivity contribution in [1.29, 1.82) is 0 Å². The fraction of sp³-hybridized carbons (Fsp3) is 0.167. The quantitative estimate of drug-likeness (QED) is 0.333. The molecule has 0 aliphatic carbocycles. The first-order valence-corrected chi connectivity index (χ1v) is 9.21. The molecule has 3 aromatic rings. The minimum Gasteiger partial charge on any atom is -0.497 e. The van der Waals surface area contributed by atoms with Gasteiger partial charge in [0.1, 0.15) is 11.5 Å². The third-order valence-electron chi connectivity index (χ3n) is 3.69. The number of aromatic nitrogens is 2. The number of rotatable bonds is 8. The third kappa shape index (κ3) is 5.23. The SMILES string of the molecule is COc1cc(NC(=O)CSc2nnc(-c3ccc([N+](=O)[O-])cc3)o2)cc(OC)c1. The van der Waals surface area contributed by atoms with Crippen molar-refractivity contribution < 1.29 is 23.6 Å². The first-order chi connectivity index (χ1) is 14.0. The largest absolute Gasteiger partial charge is 0.497 e. The molecule has 29 heavy (non-hydrogen) atoms. The van der Waals surface area contributed by atoms with E-state index in [0.717, 1.165) is 11.8 Å². The molecule has 2 aromatic carbocycles. The van der Waals surface area contributed by atoms with Crippen LogP contribution in [0.4, 0.5) is 11.4 Å². The molecule has 0 bridgehead atoms. The zero-order valence-corrected chi connectivity index (χ0v) is 16.3. The normalized spacial score (nSPS) is 10.4. The fourth-order valence-corrected chi connectivity index (χ4v) is 2.88. The first kappa shape index (κ1) is 20.1. The van der Waals surface area contributed by atoms with Crippen molar-refractivity contribution in [3.05, 3.63) is 52.6 Å². The van der Waals surface area contributed by atoms with Crippen molar-refractivity contribution >= 4 is 29.0 Å². The highest BCUT2D eigenvalue weighted by atomic mass is 32.2. The van der Waals surface area contributed by atoms with Gasteiger partial charge in [-0.05, 0) is 12.1 Å². The Kier molecular flexibility index (Phi) is 6.29. The number of hydrogen-bond donors (Lipinski definition) is 1. The molecule has 0 radical (unpaired) electrons. The Hall–Kier alpha value is -3.60. The summed E-state index contributed by atoms with van der Waals surface area (Å²) in [5.74, 6) is 1.08. The molecule has 0 atom stereocenters. The number of nitrogens with one attached hydrogen (secondary N) is 1. The molecule has 1 aromatic heterocycles. The lowest BCUT2D eigenvalue weighted by Gasteiger charge is -2.09. The van der Waals surface area contributed by atoms with Crippen LogP contribution in [-0.2, 0) is 4.79 Å². The van der Waals surface area contributed by atoms with Gasteiger partial charge in [0.05, 0.1) is 24.9 Å². The van der Waals surface area contributed by atoms with E-state index in [2.05, 4.69) is 15.5 Å². The lowest BCUT2D eigenvalue weighted by atomic mass is 10.2. The number of amides is 1. The number of nitro groups is 1. The van der Waals surface area contributed by atoms with Crippen LogP contribution in [0.1, 0.15) is 0 Å². The molecule has 0 saturated heterocycles. The zero-order chi connectivity index (χ0) is 20.8. The van der Waals surface area contributed by atoms with Crippen molar-refractivity contribution in [1.82, 2.24) is 10.2 Å². The Labute approximate surface area is 169 Å². The van der Waals surface area contributed by atoms with Crippen LogP contribution < -0.4 is 14.8 Å². The van der Waals surface area contributed by atoms with Crippen LogP contribution in [0.2, 0.25) is 0 Å². The van der Waals surface area contributed by atoms with E-state index in [4.69, 9.17) is 13.9 Å². The van der Waals surface area contributed by atoms with Crippen molar-refractivity contribution in [2.75, 3.05) is 25.3 Å². The number of nitrogens with zero attached hydrogens (tertiary/aromatic N) is 3. The van der Waals surface area contributed by atoms with E-state index in [0.29, 0.717) is 22.7 Å². The van der Waals surface area contributed by atoms with Crippen molar-refractivity contribution in [3.63, 3.8) is 0 Å². The Morgan fingerprint density at radius 2 is 1.79 bits per heavy atom. The molecule has 1 heterocycles. The molecular weight excluding hydrogens is 400 g/mol. The van der Waals surface area contributed by atoms with Crippen LogP contribution in [0.5, 0.6) is 11.5 Å². The molecule has 1 amide bonds. The predicted molar refractivity (Wildman–Crippen MR) is 105 cm³/mol. The average Bonchev–Trinajstić information content (AvgIpc) is 3.21. The second-order valence-electron chi connectivity index (χ2n) is 5.62. The maximum absolute atomic E-state index is 12.2. The molecular formula is C18H16N4O6S. The number of ether oxygens (including phenoxy) is 2. The number of carbonyl (C=O) groups excluding carboxylic acids is 1. The standard InChI is InChI=1S/C18H16N4O6S/c1-26-14-7-12(8-15(9-14)27-2)19-16(23)10-29-18-21-20-17(28-18)11-3-5-13(6-4-11)22(24)25/h3-9H,10H2,1-2H3,(H,19,23). The second kappa shape index (κ2) is 9.06. The van der Waals surface area contributed by atoms with E-state index in [1.807, 2.05) is 0 Å². The van der Waals surface area contributed by atoms with Gasteiger partial charge in [0.2, 0.25) is 11.8 Å². The van der Waals surface area contributed by atoms with Gasteiger partial charge in [0.15, 0.2) is 0 Å². The number of nitro benzene ring substituents is 1. The Morgan fingerprint density at radius 1 is 1.14 bits per heavy atom. The van der Waals surface area contributed by atoms with Gasteiger partial charge in [0, 0.05) is 41.6 Å². The second-order valence-corrected chi connectivity index (χ2v) is 6.54. The maximum atomic E-state index is 12.2. The lowest BCUT2D eigenvalue weighted by Crippen LogP contribution is -2.14. The number of non-ortho nitro benzene ring substituents is 1. The van der Waals surface area contributed by atoms with Crippen LogP contribution in [0, 0.1) is 10.1 Å². The average molecular weight is 416 g/mol. The van der Waals surface area contributed by atoms with Crippen LogP contribution in [0.15, 0.2) is 52.1 Å². The predicted octanol–water partition coefficient (Wildman–Crippen LogP) is 3.39. The third-order valence-corrected chi connectivity index (χ3v) is 4.51. The van der Waals surface area contributed by atoms with Gasteiger partial charge in [-0.25, -0.2) is 0 Å². The molecule has 0 unspecified atom stereocenters. The van der Waals surface area contributed by atoms with E-state index in [9.17, 15) is 14.9 Å². The summed E-state index contributed by atoms with van der Waals surface area (Å²) in [4.78, 5) is 22.4. The Morgan fingerprint density at radius 3 is 2.38 bits per heavy atom. The molecule has 0 spiro atoms. The van der Waals surface area contributed by atoms with Gasteiger partial charge in [-0.15, -0.1) is 10.2 Å². The summed E-state index contributed by atoms with van der Waals surface area (Å²) >= 11 is 1.07. The van der Waals surface area contributed by atoms with Crippen molar-refractivity contribution in [2.24, 2.45) is 0 Å². The van der Waals surface area contributed by atoms with Crippen LogP contribution in [-0.4, -0.2) is 41.0 Å². The van der Waals surface area contributed by atoms with E-state index < -0.39 is 4.92 Å². The minimum atomic E-state index is -0.491. The first-order valence-electron chi connectivity index (χ1n) is 8.22. The van der Waals surface area contributed by atoms with Gasteiger partial charge in [-0.3, -0.25) is 14.9 Å². The van der Waals surface area contributed by atoms with Crippen LogP contribution in [0.3, 0.4) is 0 Å². The summed E-state index contributed by atoms with van der Waals surface area (Å²) in [6, 6.07) is 10.8.